The molecule has 1 unspecified atom stereocenters. The summed E-state index contributed by atoms with van der Waals surface area (Å²) >= 11 is 0. The highest BCUT2D eigenvalue weighted by Crippen LogP contribution is 2.26. The Hall–Kier alpha value is -2.08. The quantitative estimate of drug-likeness (QED) is 0.894. The van der Waals surface area contributed by atoms with Gasteiger partial charge >= 0.3 is 12.2 Å². The molecule has 6 heteroatoms. The van der Waals surface area contributed by atoms with Crippen molar-refractivity contribution in [1.82, 2.24) is 5.32 Å². The number of nitrogens with one attached hydrogen (secondary N) is 1. The van der Waals surface area contributed by atoms with Crippen LogP contribution in [0.1, 0.15) is 45.1 Å². The van der Waals surface area contributed by atoms with Gasteiger partial charge in [0.2, 0.25) is 0 Å². The number of nitrogens with zero attached hydrogens (tertiary/aromatic N) is 1. The van der Waals surface area contributed by atoms with E-state index in [9.17, 15) is 9.59 Å². The van der Waals surface area contributed by atoms with E-state index in [1.54, 1.807) is 32.9 Å². The molecule has 2 amide bonds. The Balaban J connectivity index is 2.20. The number of ether oxygens (including phenoxy) is 2. The SMILES string of the molecule is COC(=O)N(C(=O)OC(C)(C)C)c1ccc(C2CCCNC2)cc1. The van der Waals surface area contributed by atoms with Crippen LogP contribution in [0.4, 0.5) is 15.3 Å². The van der Waals surface area contributed by atoms with Gasteiger partial charge in [-0.3, -0.25) is 0 Å². The second kappa shape index (κ2) is 7.66. The predicted octanol–water partition coefficient (Wildman–Crippen LogP) is 3.66. The lowest BCUT2D eigenvalue weighted by atomic mass is 9.91. The van der Waals surface area contributed by atoms with Crippen LogP contribution in [-0.4, -0.2) is 38.0 Å². The van der Waals surface area contributed by atoms with E-state index in [0.717, 1.165) is 30.8 Å². The number of hydrogen-bond acceptors (Lipinski definition) is 5. The fraction of sp³-hybridized carbons (Fsp3) is 0.556. The molecule has 0 spiro atoms. The van der Waals surface area contributed by atoms with Crippen molar-refractivity contribution in [2.75, 3.05) is 25.1 Å². The number of methoxy groups -OCH3 is 1. The van der Waals surface area contributed by atoms with Crippen LogP contribution < -0.4 is 10.2 Å². The molecular formula is C18H26N2O4. The molecule has 1 atom stereocenters. The van der Waals surface area contributed by atoms with Crippen molar-refractivity contribution in [3.8, 4) is 0 Å². The molecule has 1 aliphatic rings. The van der Waals surface area contributed by atoms with Gasteiger partial charge in [0, 0.05) is 6.54 Å². The number of imide groups is 1. The van der Waals surface area contributed by atoms with E-state index >= 15 is 0 Å². The summed E-state index contributed by atoms with van der Waals surface area (Å²) in [5.41, 5.74) is 0.931. The number of carbonyl (C=O) groups is 2. The van der Waals surface area contributed by atoms with Gasteiger partial charge in [0.15, 0.2) is 0 Å². The van der Waals surface area contributed by atoms with Gasteiger partial charge in [0.1, 0.15) is 5.60 Å². The average Bonchev–Trinajstić information content (AvgIpc) is 2.54. The average molecular weight is 334 g/mol. The number of carbonyl (C=O) groups excluding carboxylic acids is 2. The van der Waals surface area contributed by atoms with E-state index in [2.05, 4.69) is 5.32 Å². The van der Waals surface area contributed by atoms with Crippen LogP contribution in [0.15, 0.2) is 24.3 Å². The van der Waals surface area contributed by atoms with E-state index in [1.807, 2.05) is 12.1 Å². The van der Waals surface area contributed by atoms with Crippen molar-refractivity contribution < 1.29 is 19.1 Å². The van der Waals surface area contributed by atoms with Gasteiger partial charge in [-0.05, 0) is 63.8 Å². The van der Waals surface area contributed by atoms with E-state index in [-0.39, 0.29) is 0 Å². The minimum Gasteiger partial charge on any atom is -0.452 e. The summed E-state index contributed by atoms with van der Waals surface area (Å²) in [6.07, 6.45) is 0.773. The highest BCUT2D eigenvalue weighted by atomic mass is 16.6. The zero-order valence-electron chi connectivity index (χ0n) is 14.8. The maximum Gasteiger partial charge on any atom is 0.424 e. The normalized spacial score (nSPS) is 17.9. The van der Waals surface area contributed by atoms with E-state index < -0.39 is 17.8 Å². The number of rotatable bonds is 2. The number of hydrogen-bond donors (Lipinski definition) is 1. The van der Waals surface area contributed by atoms with E-state index in [0.29, 0.717) is 11.6 Å². The Kier molecular flexibility index (Phi) is 5.83. The van der Waals surface area contributed by atoms with Crippen LogP contribution in [0.5, 0.6) is 0 Å². The Morgan fingerprint density at radius 1 is 1.17 bits per heavy atom. The Labute approximate surface area is 143 Å². The monoisotopic (exact) mass is 334 g/mol. The molecule has 1 fully saturated rings. The maximum atomic E-state index is 12.3. The molecule has 1 saturated heterocycles. The first-order chi connectivity index (χ1) is 11.3. The molecule has 2 rings (SSSR count). The molecule has 0 aliphatic carbocycles. The summed E-state index contributed by atoms with van der Waals surface area (Å²) in [6.45, 7) is 7.26. The highest BCUT2D eigenvalue weighted by Gasteiger charge is 2.29. The van der Waals surface area contributed by atoms with Crippen LogP contribution in [-0.2, 0) is 9.47 Å². The molecule has 6 nitrogen and oxygen atoms in total. The Morgan fingerprint density at radius 2 is 1.83 bits per heavy atom. The van der Waals surface area contributed by atoms with Gasteiger partial charge in [0.05, 0.1) is 12.8 Å². The second-order valence-electron chi connectivity index (χ2n) is 6.92. The first-order valence-electron chi connectivity index (χ1n) is 8.23. The second-order valence-corrected chi connectivity index (χ2v) is 6.92. The molecule has 0 aromatic heterocycles. The van der Waals surface area contributed by atoms with Gasteiger partial charge in [-0.2, -0.15) is 4.90 Å². The van der Waals surface area contributed by atoms with Crippen LogP contribution in [0.2, 0.25) is 0 Å². The molecule has 24 heavy (non-hydrogen) atoms. The smallest absolute Gasteiger partial charge is 0.424 e. The molecule has 1 aliphatic heterocycles. The number of benzene rings is 1. The molecule has 0 bridgehead atoms. The molecule has 0 saturated carbocycles. The van der Waals surface area contributed by atoms with Crippen molar-refractivity contribution >= 4 is 17.9 Å². The lowest BCUT2D eigenvalue weighted by Gasteiger charge is -2.26. The van der Waals surface area contributed by atoms with Gasteiger partial charge in [0.25, 0.3) is 0 Å². The van der Waals surface area contributed by atoms with Crippen LogP contribution in [0, 0.1) is 0 Å². The van der Waals surface area contributed by atoms with Crippen molar-refractivity contribution in [1.29, 1.82) is 0 Å². The third kappa shape index (κ3) is 4.71. The third-order valence-corrected chi connectivity index (χ3v) is 3.85. The van der Waals surface area contributed by atoms with E-state index in [1.165, 1.54) is 12.7 Å². The summed E-state index contributed by atoms with van der Waals surface area (Å²) in [7, 11) is 1.24. The number of piperidine rings is 1. The molecule has 1 aromatic rings. The van der Waals surface area contributed by atoms with Crippen LogP contribution in [0.25, 0.3) is 0 Å². The summed E-state index contributed by atoms with van der Waals surface area (Å²) in [6, 6.07) is 7.41. The molecule has 132 valence electrons. The molecule has 1 aromatic carbocycles. The van der Waals surface area contributed by atoms with Crippen molar-refractivity contribution in [2.24, 2.45) is 0 Å². The van der Waals surface area contributed by atoms with Crippen molar-refractivity contribution in [2.45, 2.75) is 45.1 Å². The van der Waals surface area contributed by atoms with Gasteiger partial charge in [-0.15, -0.1) is 0 Å². The summed E-state index contributed by atoms with van der Waals surface area (Å²) in [5.74, 6) is 0.459. The van der Waals surface area contributed by atoms with Crippen LogP contribution in [0.3, 0.4) is 0 Å². The minimum absolute atomic E-state index is 0.434. The first-order valence-corrected chi connectivity index (χ1v) is 8.23. The largest absolute Gasteiger partial charge is 0.452 e. The highest BCUT2D eigenvalue weighted by molar-refractivity contribution is 6.09. The maximum absolute atomic E-state index is 12.3. The predicted molar refractivity (Wildman–Crippen MR) is 92.4 cm³/mol. The fourth-order valence-electron chi connectivity index (χ4n) is 2.72. The minimum atomic E-state index is -0.767. The number of anilines is 1. The zero-order chi connectivity index (χ0) is 17.7. The standard InChI is InChI=1S/C18H26N2O4/c1-18(2,3)24-17(22)20(16(21)23-4)15-9-7-13(8-10-15)14-6-5-11-19-12-14/h7-10,14,19H,5-6,11-12H2,1-4H3. The Morgan fingerprint density at radius 3 is 2.33 bits per heavy atom. The number of amides is 2. The lowest BCUT2D eigenvalue weighted by molar-refractivity contribution is 0.0575. The van der Waals surface area contributed by atoms with Crippen LogP contribution >= 0.6 is 0 Å². The van der Waals surface area contributed by atoms with Crippen molar-refractivity contribution in [3.05, 3.63) is 29.8 Å². The third-order valence-electron chi connectivity index (χ3n) is 3.85. The Bertz CT molecular complexity index is 572. The summed E-state index contributed by atoms with van der Waals surface area (Å²) < 4.78 is 10.0. The van der Waals surface area contributed by atoms with Gasteiger partial charge < -0.3 is 14.8 Å². The fourth-order valence-corrected chi connectivity index (χ4v) is 2.72. The van der Waals surface area contributed by atoms with Crippen molar-refractivity contribution in [3.63, 3.8) is 0 Å². The molecule has 0 radical (unpaired) electrons. The zero-order valence-corrected chi connectivity index (χ0v) is 14.8. The van der Waals surface area contributed by atoms with Gasteiger partial charge in [-0.25, -0.2) is 9.59 Å². The van der Waals surface area contributed by atoms with E-state index in [4.69, 9.17) is 9.47 Å². The molecule has 1 N–H and O–H groups in total. The topological polar surface area (TPSA) is 67.9 Å². The summed E-state index contributed by atoms with van der Waals surface area (Å²) in [5, 5.41) is 3.38. The summed E-state index contributed by atoms with van der Waals surface area (Å²) in [4.78, 5) is 25.3. The first kappa shape index (κ1) is 18.3. The van der Waals surface area contributed by atoms with Gasteiger partial charge in [-0.1, -0.05) is 12.1 Å². The molecular weight excluding hydrogens is 308 g/mol. The molecule has 1 heterocycles. The lowest BCUT2D eigenvalue weighted by Crippen LogP contribution is -2.41.